The Kier molecular flexibility index (Phi) is 6.09. The van der Waals surface area contributed by atoms with E-state index in [0.717, 1.165) is 29.4 Å². The molecule has 2 rings (SSSR count). The molecule has 144 valence electrons. The van der Waals surface area contributed by atoms with Crippen LogP contribution in [0.2, 0.25) is 0 Å². The number of aromatic nitrogens is 4. The van der Waals surface area contributed by atoms with E-state index in [4.69, 9.17) is 0 Å². The fourth-order valence-electron chi connectivity index (χ4n) is 2.60. The molecule has 0 saturated heterocycles. The van der Waals surface area contributed by atoms with Crippen LogP contribution in [0, 0.1) is 12.8 Å². The van der Waals surface area contributed by atoms with E-state index in [1.807, 2.05) is 11.6 Å². The Morgan fingerprint density at radius 3 is 2.54 bits per heavy atom. The van der Waals surface area contributed by atoms with Gasteiger partial charge in [-0.25, -0.2) is 0 Å². The Hall–Kier alpha value is -2.32. The number of rotatable bonds is 7. The molecule has 1 amide bonds. The molecule has 0 unspecified atom stereocenters. The van der Waals surface area contributed by atoms with E-state index in [0.29, 0.717) is 18.0 Å². The standard InChI is InChI=1S/C17H24F3N5O/c1-5-14-13(9-21-24(14)7-6-11(2)3)22-16(26)10-25-12(4)8-15(23-25)17(18,19)20/h8-9,11H,5-7,10H2,1-4H3,(H,22,26). The number of carbonyl (C=O) groups excluding carboxylic acids is 1. The molecule has 0 spiro atoms. The van der Waals surface area contributed by atoms with Crippen LogP contribution in [0.25, 0.3) is 0 Å². The number of anilines is 1. The second-order valence-electron chi connectivity index (χ2n) is 6.64. The van der Waals surface area contributed by atoms with E-state index >= 15 is 0 Å². The first-order valence-corrected chi connectivity index (χ1v) is 8.58. The largest absolute Gasteiger partial charge is 0.435 e. The summed E-state index contributed by atoms with van der Waals surface area (Å²) >= 11 is 0. The lowest BCUT2D eigenvalue weighted by molar-refractivity contribution is -0.141. The van der Waals surface area contributed by atoms with E-state index in [1.165, 1.54) is 6.92 Å². The minimum atomic E-state index is -4.53. The number of nitrogens with zero attached hydrogens (tertiary/aromatic N) is 4. The third-order valence-corrected chi connectivity index (χ3v) is 4.04. The summed E-state index contributed by atoms with van der Waals surface area (Å²) < 4.78 is 41.0. The van der Waals surface area contributed by atoms with Gasteiger partial charge in [0.1, 0.15) is 6.54 Å². The quantitative estimate of drug-likeness (QED) is 0.808. The summed E-state index contributed by atoms with van der Waals surface area (Å²) in [7, 11) is 0. The number of carbonyl (C=O) groups is 1. The average Bonchev–Trinajstić information content (AvgIpc) is 3.08. The van der Waals surface area contributed by atoms with Gasteiger partial charge in [-0.3, -0.25) is 14.2 Å². The minimum absolute atomic E-state index is 0.274. The molecular formula is C17H24F3N5O. The molecule has 26 heavy (non-hydrogen) atoms. The molecule has 0 aliphatic heterocycles. The second-order valence-corrected chi connectivity index (χ2v) is 6.64. The molecule has 0 bridgehead atoms. The number of hydrogen-bond donors (Lipinski definition) is 1. The number of halogens is 3. The van der Waals surface area contributed by atoms with Gasteiger partial charge < -0.3 is 5.32 Å². The van der Waals surface area contributed by atoms with Gasteiger partial charge in [0.25, 0.3) is 0 Å². The topological polar surface area (TPSA) is 64.7 Å². The molecule has 0 aliphatic rings. The minimum Gasteiger partial charge on any atom is -0.322 e. The van der Waals surface area contributed by atoms with Gasteiger partial charge in [0, 0.05) is 12.2 Å². The maximum absolute atomic E-state index is 12.7. The smallest absolute Gasteiger partial charge is 0.322 e. The highest BCUT2D eigenvalue weighted by molar-refractivity contribution is 5.91. The summed E-state index contributed by atoms with van der Waals surface area (Å²) in [5.41, 5.74) is 0.753. The van der Waals surface area contributed by atoms with Crippen molar-refractivity contribution in [2.75, 3.05) is 5.32 Å². The zero-order valence-electron chi connectivity index (χ0n) is 15.4. The second kappa shape index (κ2) is 7.92. The van der Waals surface area contributed by atoms with Gasteiger partial charge in [0.2, 0.25) is 5.91 Å². The van der Waals surface area contributed by atoms with Gasteiger partial charge in [-0.1, -0.05) is 20.8 Å². The van der Waals surface area contributed by atoms with Gasteiger partial charge in [-0.05, 0) is 31.7 Å². The van der Waals surface area contributed by atoms with Crippen LogP contribution in [0.3, 0.4) is 0 Å². The van der Waals surface area contributed by atoms with Crippen molar-refractivity contribution < 1.29 is 18.0 Å². The molecule has 2 aromatic heterocycles. The van der Waals surface area contributed by atoms with Crippen molar-refractivity contribution in [3.8, 4) is 0 Å². The maximum Gasteiger partial charge on any atom is 0.435 e. The summed E-state index contributed by atoms with van der Waals surface area (Å²) in [5, 5.41) is 10.5. The lowest BCUT2D eigenvalue weighted by Crippen LogP contribution is -2.21. The predicted molar refractivity (Wildman–Crippen MR) is 91.7 cm³/mol. The normalized spacial score (nSPS) is 12.0. The summed E-state index contributed by atoms with van der Waals surface area (Å²) in [6.45, 7) is 8.16. The first kappa shape index (κ1) is 20.0. The molecule has 0 aromatic carbocycles. The Labute approximate surface area is 150 Å². The SMILES string of the molecule is CCc1c(NC(=O)Cn2nc(C(F)(F)F)cc2C)cnn1CCC(C)C. The zero-order valence-corrected chi connectivity index (χ0v) is 15.4. The summed E-state index contributed by atoms with van der Waals surface area (Å²) in [6.07, 6.45) is -1.30. The number of alkyl halides is 3. The lowest BCUT2D eigenvalue weighted by Gasteiger charge is -2.10. The van der Waals surface area contributed by atoms with E-state index in [1.54, 1.807) is 6.20 Å². The van der Waals surface area contributed by atoms with E-state index < -0.39 is 17.8 Å². The third-order valence-electron chi connectivity index (χ3n) is 4.04. The van der Waals surface area contributed by atoms with Gasteiger partial charge >= 0.3 is 6.18 Å². The van der Waals surface area contributed by atoms with Crippen LogP contribution in [-0.4, -0.2) is 25.5 Å². The van der Waals surface area contributed by atoms with Crippen molar-refractivity contribution in [1.82, 2.24) is 19.6 Å². The van der Waals surface area contributed by atoms with Crippen molar-refractivity contribution in [3.05, 3.63) is 29.3 Å². The average molecular weight is 371 g/mol. The Morgan fingerprint density at radius 2 is 2.00 bits per heavy atom. The lowest BCUT2D eigenvalue weighted by atomic mass is 10.1. The number of hydrogen-bond acceptors (Lipinski definition) is 3. The third kappa shape index (κ3) is 4.86. The van der Waals surface area contributed by atoms with E-state index in [-0.39, 0.29) is 12.2 Å². The van der Waals surface area contributed by atoms with Crippen LogP contribution in [0.5, 0.6) is 0 Å². The van der Waals surface area contributed by atoms with Gasteiger partial charge in [-0.2, -0.15) is 23.4 Å². The number of amides is 1. The molecule has 0 radical (unpaired) electrons. The predicted octanol–water partition coefficient (Wildman–Crippen LogP) is 3.65. The molecule has 0 atom stereocenters. The fourth-order valence-corrected chi connectivity index (χ4v) is 2.60. The molecule has 2 aromatic rings. The maximum atomic E-state index is 12.7. The summed E-state index contributed by atoms with van der Waals surface area (Å²) in [5.74, 6) is 0.0931. The number of aryl methyl sites for hydroxylation is 2. The first-order valence-electron chi connectivity index (χ1n) is 8.58. The molecule has 0 saturated carbocycles. The highest BCUT2D eigenvalue weighted by Gasteiger charge is 2.34. The van der Waals surface area contributed by atoms with Crippen molar-refractivity contribution in [2.45, 2.75) is 59.8 Å². The first-order chi connectivity index (χ1) is 12.1. The van der Waals surface area contributed by atoms with Gasteiger partial charge in [-0.15, -0.1) is 0 Å². The molecule has 0 fully saturated rings. The fraction of sp³-hybridized carbons (Fsp3) is 0.588. The molecule has 0 aliphatic carbocycles. The van der Waals surface area contributed by atoms with Crippen LogP contribution in [-0.2, 0) is 30.5 Å². The van der Waals surface area contributed by atoms with Crippen molar-refractivity contribution >= 4 is 11.6 Å². The van der Waals surface area contributed by atoms with Gasteiger partial charge in [0.15, 0.2) is 5.69 Å². The van der Waals surface area contributed by atoms with E-state index in [2.05, 4.69) is 29.4 Å². The molecule has 6 nitrogen and oxygen atoms in total. The van der Waals surface area contributed by atoms with Crippen molar-refractivity contribution in [2.24, 2.45) is 5.92 Å². The Balaban J connectivity index is 2.07. The molecule has 9 heteroatoms. The molecular weight excluding hydrogens is 347 g/mol. The summed E-state index contributed by atoms with van der Waals surface area (Å²) in [6, 6.07) is 0.925. The Morgan fingerprint density at radius 1 is 1.31 bits per heavy atom. The Bertz CT molecular complexity index is 761. The molecule has 2 heterocycles. The highest BCUT2D eigenvalue weighted by atomic mass is 19.4. The molecule has 1 N–H and O–H groups in total. The highest BCUT2D eigenvalue weighted by Crippen LogP contribution is 2.28. The van der Waals surface area contributed by atoms with Crippen LogP contribution in [0.4, 0.5) is 18.9 Å². The summed E-state index contributed by atoms with van der Waals surface area (Å²) in [4.78, 5) is 12.2. The number of nitrogens with one attached hydrogen (secondary N) is 1. The zero-order chi connectivity index (χ0) is 19.5. The van der Waals surface area contributed by atoms with Crippen LogP contribution in [0.1, 0.15) is 44.3 Å². The van der Waals surface area contributed by atoms with Crippen molar-refractivity contribution in [3.63, 3.8) is 0 Å². The van der Waals surface area contributed by atoms with Gasteiger partial charge in [0.05, 0.1) is 17.6 Å². The van der Waals surface area contributed by atoms with Crippen LogP contribution < -0.4 is 5.32 Å². The monoisotopic (exact) mass is 371 g/mol. The van der Waals surface area contributed by atoms with E-state index in [9.17, 15) is 18.0 Å². The van der Waals surface area contributed by atoms with Crippen LogP contribution in [0.15, 0.2) is 12.3 Å². The van der Waals surface area contributed by atoms with Crippen LogP contribution >= 0.6 is 0 Å². The van der Waals surface area contributed by atoms with Crippen molar-refractivity contribution in [1.29, 1.82) is 0 Å².